The number of aryl methyl sites for hydroxylation is 1. The Morgan fingerprint density at radius 1 is 1.03 bits per heavy atom. The summed E-state index contributed by atoms with van der Waals surface area (Å²) < 4.78 is 24.0. The van der Waals surface area contributed by atoms with Crippen LogP contribution in [0, 0.1) is 0 Å². The number of aromatic nitrogens is 2. The van der Waals surface area contributed by atoms with Gasteiger partial charge in [0.1, 0.15) is 5.65 Å². The van der Waals surface area contributed by atoms with Gasteiger partial charge in [0.05, 0.1) is 19.9 Å². The number of benzene rings is 2. The highest BCUT2D eigenvalue weighted by molar-refractivity contribution is 6.00. The first kappa shape index (κ1) is 25.5. The zero-order valence-corrected chi connectivity index (χ0v) is 22.2. The second-order valence-electron chi connectivity index (χ2n) is 9.08. The van der Waals surface area contributed by atoms with Gasteiger partial charge in [-0.3, -0.25) is 4.79 Å². The van der Waals surface area contributed by atoms with Crippen molar-refractivity contribution in [3.05, 3.63) is 71.4 Å². The molecule has 0 unspecified atom stereocenters. The molecule has 0 radical (unpaired) electrons. The van der Waals surface area contributed by atoms with Gasteiger partial charge in [-0.05, 0) is 66.1 Å². The molecule has 4 heterocycles. The quantitative estimate of drug-likeness (QED) is 0.336. The van der Waals surface area contributed by atoms with Gasteiger partial charge < -0.3 is 28.4 Å². The molecule has 2 aliphatic rings. The number of carbonyl (C=O) groups excluding carboxylic acids is 1. The van der Waals surface area contributed by atoms with Gasteiger partial charge in [-0.2, -0.15) is 0 Å². The maximum atomic E-state index is 13.3. The normalized spacial score (nSPS) is 13.9. The molecule has 1 amide bonds. The zero-order valence-electron chi connectivity index (χ0n) is 21.4. The lowest BCUT2D eigenvalue weighted by atomic mass is 9.98. The van der Waals surface area contributed by atoms with Gasteiger partial charge in [-0.25, -0.2) is 4.98 Å². The molecule has 2 aromatic carbocycles. The molecule has 8 nitrogen and oxygen atoms in total. The van der Waals surface area contributed by atoms with Crippen LogP contribution in [0.1, 0.15) is 16.7 Å². The lowest BCUT2D eigenvalue weighted by Gasteiger charge is -2.28. The Kier molecular flexibility index (Phi) is 6.91. The highest BCUT2D eigenvalue weighted by Crippen LogP contribution is 2.40. The maximum absolute atomic E-state index is 13.3. The lowest BCUT2D eigenvalue weighted by molar-refractivity contribution is -0.126. The lowest BCUT2D eigenvalue weighted by Crippen LogP contribution is -2.34. The molecule has 0 N–H and O–H groups in total. The van der Waals surface area contributed by atoms with Crippen molar-refractivity contribution in [1.82, 2.24) is 14.5 Å². The van der Waals surface area contributed by atoms with Crippen molar-refractivity contribution in [3.8, 4) is 34.3 Å². The molecule has 0 aliphatic carbocycles. The van der Waals surface area contributed by atoms with E-state index in [2.05, 4.69) is 4.98 Å². The topological polar surface area (TPSA) is 75.1 Å². The fourth-order valence-electron chi connectivity index (χ4n) is 5.18. The number of carbonyl (C=O) groups is 1. The van der Waals surface area contributed by atoms with Crippen LogP contribution in [0.4, 0.5) is 0 Å². The summed E-state index contributed by atoms with van der Waals surface area (Å²) in [4.78, 5) is 19.8. The molecule has 6 rings (SSSR count). The van der Waals surface area contributed by atoms with Gasteiger partial charge in [-0.1, -0.05) is 0 Å². The third-order valence-corrected chi connectivity index (χ3v) is 7.05. The minimum absolute atomic E-state index is 0. The van der Waals surface area contributed by atoms with E-state index in [-0.39, 0.29) is 25.1 Å². The third-order valence-electron chi connectivity index (χ3n) is 7.05. The number of hydrogen-bond acceptors (Lipinski definition) is 6. The standard InChI is InChI=1S/C29H27N3O5.ClH/c1-31-28(19-6-8-23-26(14-19)37-17-36-23)21(22-5-4-11-30-29(22)31)7-9-27(33)32-12-10-18-13-24(34-2)25(35-3)15-20(18)16-32;/h4-9,11,13-15H,10,12,16-17H2,1-3H3;1H. The highest BCUT2D eigenvalue weighted by Gasteiger charge is 2.23. The van der Waals surface area contributed by atoms with Crippen LogP contribution in [0.3, 0.4) is 0 Å². The summed E-state index contributed by atoms with van der Waals surface area (Å²) in [5.41, 5.74) is 5.94. The fourth-order valence-corrected chi connectivity index (χ4v) is 5.18. The second-order valence-corrected chi connectivity index (χ2v) is 9.08. The van der Waals surface area contributed by atoms with Gasteiger partial charge in [-0.15, -0.1) is 12.4 Å². The van der Waals surface area contributed by atoms with Crippen molar-refractivity contribution < 1.29 is 23.7 Å². The van der Waals surface area contributed by atoms with Crippen molar-refractivity contribution in [2.24, 2.45) is 7.05 Å². The summed E-state index contributed by atoms with van der Waals surface area (Å²) in [6.45, 7) is 1.37. The Balaban J connectivity index is 0.00000294. The number of nitrogens with zero attached hydrogens (tertiary/aromatic N) is 3. The SMILES string of the molecule is COc1cc2c(cc1OC)CN(C(=O)C=Cc1c(-c3ccc4c(c3)OCO4)n(C)c3ncccc13)CC2.Cl. The predicted molar refractivity (Wildman–Crippen MR) is 147 cm³/mol. The van der Waals surface area contributed by atoms with Crippen molar-refractivity contribution in [2.45, 2.75) is 13.0 Å². The molecule has 4 aromatic rings. The Morgan fingerprint density at radius 3 is 2.58 bits per heavy atom. The van der Waals surface area contributed by atoms with E-state index in [0.29, 0.717) is 30.3 Å². The number of amides is 1. The first-order valence-electron chi connectivity index (χ1n) is 12.1. The van der Waals surface area contributed by atoms with Crippen LogP contribution in [0.2, 0.25) is 0 Å². The van der Waals surface area contributed by atoms with Gasteiger partial charge in [0.15, 0.2) is 23.0 Å². The zero-order chi connectivity index (χ0) is 25.5. The Hall–Kier alpha value is -4.17. The molecule has 0 spiro atoms. The second kappa shape index (κ2) is 10.3. The number of methoxy groups -OCH3 is 2. The molecule has 9 heteroatoms. The van der Waals surface area contributed by atoms with E-state index in [1.807, 2.05) is 65.1 Å². The molecular weight excluding hydrogens is 506 g/mol. The summed E-state index contributed by atoms with van der Waals surface area (Å²) in [6, 6.07) is 13.8. The highest BCUT2D eigenvalue weighted by atomic mass is 35.5. The first-order valence-corrected chi connectivity index (χ1v) is 12.1. The fraction of sp³-hybridized carbons (Fsp3) is 0.241. The molecule has 0 atom stereocenters. The van der Waals surface area contributed by atoms with E-state index in [1.165, 1.54) is 5.56 Å². The Labute approximate surface area is 226 Å². The average molecular weight is 534 g/mol. The largest absolute Gasteiger partial charge is 0.493 e. The molecular formula is C29H28ClN3O5. The van der Waals surface area contributed by atoms with Crippen molar-refractivity contribution in [1.29, 1.82) is 0 Å². The van der Waals surface area contributed by atoms with E-state index < -0.39 is 0 Å². The van der Waals surface area contributed by atoms with Gasteiger partial charge in [0.25, 0.3) is 0 Å². The third kappa shape index (κ3) is 4.31. The van der Waals surface area contributed by atoms with E-state index in [9.17, 15) is 4.79 Å². The summed E-state index contributed by atoms with van der Waals surface area (Å²) in [5, 5.41) is 0.975. The molecule has 0 saturated heterocycles. The molecule has 38 heavy (non-hydrogen) atoms. The maximum Gasteiger partial charge on any atom is 0.246 e. The van der Waals surface area contributed by atoms with Crippen molar-refractivity contribution in [2.75, 3.05) is 27.6 Å². The smallest absolute Gasteiger partial charge is 0.246 e. The first-order chi connectivity index (χ1) is 18.1. The molecule has 0 saturated carbocycles. The van der Waals surface area contributed by atoms with E-state index >= 15 is 0 Å². The van der Waals surface area contributed by atoms with Crippen LogP contribution >= 0.6 is 12.4 Å². The van der Waals surface area contributed by atoms with Gasteiger partial charge in [0.2, 0.25) is 12.7 Å². The Bertz CT molecular complexity index is 1560. The summed E-state index contributed by atoms with van der Waals surface area (Å²) in [5.74, 6) is 2.77. The summed E-state index contributed by atoms with van der Waals surface area (Å²) in [6.07, 6.45) is 6.09. The van der Waals surface area contributed by atoms with E-state index in [4.69, 9.17) is 18.9 Å². The van der Waals surface area contributed by atoms with Crippen LogP contribution in [0.25, 0.3) is 28.4 Å². The van der Waals surface area contributed by atoms with Crippen LogP contribution in [0.5, 0.6) is 23.0 Å². The van der Waals surface area contributed by atoms with Gasteiger partial charge >= 0.3 is 0 Å². The molecule has 2 aromatic heterocycles. The molecule has 2 aliphatic heterocycles. The molecule has 0 bridgehead atoms. The minimum Gasteiger partial charge on any atom is -0.493 e. The van der Waals surface area contributed by atoms with Crippen LogP contribution in [-0.4, -0.2) is 47.9 Å². The predicted octanol–water partition coefficient (Wildman–Crippen LogP) is 5.01. The van der Waals surface area contributed by atoms with Crippen LogP contribution in [-0.2, 0) is 24.8 Å². The van der Waals surface area contributed by atoms with Crippen LogP contribution in [0.15, 0.2) is 54.7 Å². The van der Waals surface area contributed by atoms with Gasteiger partial charge in [0, 0.05) is 48.9 Å². The minimum atomic E-state index is -0.0436. The van der Waals surface area contributed by atoms with E-state index in [1.54, 1.807) is 26.5 Å². The summed E-state index contributed by atoms with van der Waals surface area (Å²) in [7, 11) is 5.24. The number of rotatable bonds is 5. The summed E-state index contributed by atoms with van der Waals surface area (Å²) >= 11 is 0. The molecule has 0 fully saturated rings. The Morgan fingerprint density at radius 2 is 1.79 bits per heavy atom. The van der Waals surface area contributed by atoms with Crippen LogP contribution < -0.4 is 18.9 Å². The van der Waals surface area contributed by atoms with Crippen molar-refractivity contribution in [3.63, 3.8) is 0 Å². The van der Waals surface area contributed by atoms with Crippen molar-refractivity contribution >= 4 is 35.4 Å². The number of ether oxygens (including phenoxy) is 4. The number of pyridine rings is 1. The number of halogens is 1. The average Bonchev–Trinajstić information content (AvgIpc) is 3.52. The number of hydrogen-bond donors (Lipinski definition) is 0. The van der Waals surface area contributed by atoms with E-state index in [0.717, 1.165) is 45.6 Å². The number of fused-ring (bicyclic) bond motifs is 3. The monoisotopic (exact) mass is 533 g/mol. The molecule has 196 valence electrons.